The highest BCUT2D eigenvalue weighted by Gasteiger charge is 2.28. The zero-order valence-electron chi connectivity index (χ0n) is 17.3. The van der Waals surface area contributed by atoms with Crippen molar-refractivity contribution in [2.24, 2.45) is 0 Å². The molecule has 27 heavy (non-hydrogen) atoms. The molecule has 0 aromatic heterocycles. The monoisotopic (exact) mass is 383 g/mol. The Morgan fingerprint density at radius 1 is 0.852 bits per heavy atom. The van der Waals surface area contributed by atoms with Crippen LogP contribution >= 0.6 is 0 Å². The maximum absolute atomic E-state index is 11.2. The molecular weight excluding hydrogens is 342 g/mol. The van der Waals surface area contributed by atoms with Crippen molar-refractivity contribution in [3.8, 4) is 0 Å². The zero-order chi connectivity index (χ0) is 20.2. The number of carbonyl (C=O) groups is 1. The highest BCUT2D eigenvalue weighted by atomic mass is 16.6. The lowest BCUT2D eigenvalue weighted by atomic mass is 9.98. The Morgan fingerprint density at radius 2 is 1.37 bits per heavy atom. The van der Waals surface area contributed by atoms with Crippen molar-refractivity contribution in [1.29, 1.82) is 0 Å². The summed E-state index contributed by atoms with van der Waals surface area (Å²) in [4.78, 5) is 21.1. The smallest absolute Gasteiger partial charge is 0.238 e. The van der Waals surface area contributed by atoms with Crippen LogP contribution < -0.4 is 0 Å². The molecule has 5 nitrogen and oxygen atoms in total. The summed E-state index contributed by atoms with van der Waals surface area (Å²) >= 11 is 0. The van der Waals surface area contributed by atoms with E-state index in [9.17, 15) is 20.0 Å². The van der Waals surface area contributed by atoms with Gasteiger partial charge in [0.05, 0.1) is 0 Å². The number of unbranched alkanes of at least 4 members (excludes halogenated alkanes) is 12. The van der Waals surface area contributed by atoms with Crippen molar-refractivity contribution in [3.05, 3.63) is 22.3 Å². The molecule has 0 amide bonds. The van der Waals surface area contributed by atoms with Crippen molar-refractivity contribution in [3.63, 3.8) is 0 Å². The average molecular weight is 384 g/mol. The standard InChI is InChI=1S/C22H41NO4/c1-2-3-4-5-13-16-19-22(25)21(23(26)27)18-15-12-10-8-6-7-9-11-14-17-20-24/h14,17,20-22,25H,2-13,15-16,18-19H2,1H3. The average Bonchev–Trinajstić information content (AvgIpc) is 2.65. The summed E-state index contributed by atoms with van der Waals surface area (Å²) in [7, 11) is 0. The van der Waals surface area contributed by atoms with E-state index in [0.29, 0.717) is 12.8 Å². The summed E-state index contributed by atoms with van der Waals surface area (Å²) in [5.74, 6) is 0. The Bertz CT molecular complexity index is 385. The Balaban J connectivity index is 3.69. The SMILES string of the molecule is CCCCCCCCC(O)C(CCCCCCCCCC=CC=O)[N+](=O)[O-]. The molecule has 5 heteroatoms. The second-order valence-corrected chi connectivity index (χ2v) is 7.59. The molecule has 0 radical (unpaired) electrons. The number of nitro groups is 1. The minimum Gasteiger partial charge on any atom is -0.386 e. The molecule has 0 aliphatic rings. The summed E-state index contributed by atoms with van der Waals surface area (Å²) < 4.78 is 0. The normalized spacial score (nSPS) is 13.7. The van der Waals surface area contributed by atoms with Crippen LogP contribution in [0.2, 0.25) is 0 Å². The van der Waals surface area contributed by atoms with Gasteiger partial charge in [-0.1, -0.05) is 83.6 Å². The first-order valence-electron chi connectivity index (χ1n) is 11.0. The fraction of sp³-hybridized carbons (Fsp3) is 0.864. The number of hydrogen-bond donors (Lipinski definition) is 1. The molecule has 0 aromatic rings. The Kier molecular flexibility index (Phi) is 18.6. The third-order valence-electron chi connectivity index (χ3n) is 5.15. The van der Waals surface area contributed by atoms with Crippen molar-refractivity contribution in [1.82, 2.24) is 0 Å². The van der Waals surface area contributed by atoms with E-state index in [1.54, 1.807) is 6.08 Å². The number of aliphatic hydroxyl groups is 1. The third kappa shape index (κ3) is 16.7. The van der Waals surface area contributed by atoms with Crippen molar-refractivity contribution in [2.45, 2.75) is 122 Å². The van der Waals surface area contributed by atoms with Crippen molar-refractivity contribution >= 4 is 6.29 Å². The van der Waals surface area contributed by atoms with Gasteiger partial charge in [0, 0.05) is 11.3 Å². The van der Waals surface area contributed by atoms with Crippen LogP contribution in [0.1, 0.15) is 110 Å². The number of nitrogens with zero attached hydrogens (tertiary/aromatic N) is 1. The van der Waals surface area contributed by atoms with E-state index < -0.39 is 12.1 Å². The molecule has 0 bridgehead atoms. The number of carbonyl (C=O) groups excluding carboxylic acids is 1. The fourth-order valence-corrected chi connectivity index (χ4v) is 3.42. The maximum Gasteiger partial charge on any atom is 0.238 e. The molecule has 0 saturated carbocycles. The van der Waals surface area contributed by atoms with Crippen LogP contribution in [0.5, 0.6) is 0 Å². The topological polar surface area (TPSA) is 80.4 Å². The van der Waals surface area contributed by atoms with Crippen LogP contribution in [0.3, 0.4) is 0 Å². The Labute approximate surface area is 165 Å². The van der Waals surface area contributed by atoms with Gasteiger partial charge in [-0.2, -0.15) is 0 Å². The molecule has 0 aliphatic carbocycles. The lowest BCUT2D eigenvalue weighted by Crippen LogP contribution is -2.33. The van der Waals surface area contributed by atoms with Crippen LogP contribution in [0, 0.1) is 10.1 Å². The van der Waals surface area contributed by atoms with Gasteiger partial charge in [0.25, 0.3) is 0 Å². The predicted molar refractivity (Wildman–Crippen MR) is 112 cm³/mol. The second-order valence-electron chi connectivity index (χ2n) is 7.59. The van der Waals surface area contributed by atoms with Gasteiger partial charge in [0.15, 0.2) is 0 Å². The molecule has 0 aromatic carbocycles. The van der Waals surface area contributed by atoms with E-state index in [-0.39, 0.29) is 4.92 Å². The summed E-state index contributed by atoms with van der Waals surface area (Å²) in [6, 6.07) is -0.801. The van der Waals surface area contributed by atoms with Gasteiger partial charge >= 0.3 is 0 Å². The van der Waals surface area contributed by atoms with Gasteiger partial charge in [-0.05, 0) is 31.8 Å². The van der Waals surface area contributed by atoms with Crippen LogP contribution in [0.4, 0.5) is 0 Å². The van der Waals surface area contributed by atoms with E-state index in [4.69, 9.17) is 0 Å². The Hall–Kier alpha value is -1.23. The van der Waals surface area contributed by atoms with E-state index >= 15 is 0 Å². The predicted octanol–water partition coefficient (Wildman–Crippen LogP) is 6.01. The molecule has 158 valence electrons. The molecular formula is C22H41NO4. The van der Waals surface area contributed by atoms with Gasteiger partial charge in [0.2, 0.25) is 6.04 Å². The largest absolute Gasteiger partial charge is 0.386 e. The van der Waals surface area contributed by atoms with E-state index in [0.717, 1.165) is 70.5 Å². The molecule has 0 spiro atoms. The fourth-order valence-electron chi connectivity index (χ4n) is 3.42. The highest BCUT2D eigenvalue weighted by Crippen LogP contribution is 2.17. The summed E-state index contributed by atoms with van der Waals surface area (Å²) in [5, 5.41) is 21.4. The number of aldehydes is 1. The van der Waals surface area contributed by atoms with Crippen LogP contribution in [-0.2, 0) is 4.79 Å². The molecule has 0 rings (SSSR count). The first kappa shape index (κ1) is 25.8. The van der Waals surface area contributed by atoms with E-state index in [1.165, 1.54) is 25.7 Å². The van der Waals surface area contributed by atoms with Crippen LogP contribution in [0.15, 0.2) is 12.2 Å². The number of hydrogen-bond acceptors (Lipinski definition) is 4. The molecule has 0 saturated heterocycles. The molecule has 0 heterocycles. The van der Waals surface area contributed by atoms with Gasteiger partial charge in [-0.25, -0.2) is 0 Å². The summed E-state index contributed by atoms with van der Waals surface area (Å²) in [6.45, 7) is 2.18. The minimum atomic E-state index is -0.801. The quantitative estimate of drug-likeness (QED) is 0.0917. The van der Waals surface area contributed by atoms with E-state index in [2.05, 4.69) is 6.92 Å². The lowest BCUT2D eigenvalue weighted by Gasteiger charge is -2.16. The minimum absolute atomic E-state index is 0.283. The van der Waals surface area contributed by atoms with E-state index in [1.807, 2.05) is 6.08 Å². The highest BCUT2D eigenvalue weighted by molar-refractivity contribution is 5.64. The summed E-state index contributed by atoms with van der Waals surface area (Å²) in [5.41, 5.74) is 0. The first-order valence-corrected chi connectivity index (χ1v) is 11.0. The van der Waals surface area contributed by atoms with Gasteiger partial charge in [0.1, 0.15) is 12.4 Å². The first-order chi connectivity index (χ1) is 13.1. The Morgan fingerprint density at radius 3 is 1.93 bits per heavy atom. The molecule has 0 aliphatic heterocycles. The number of rotatable bonds is 20. The van der Waals surface area contributed by atoms with Crippen molar-refractivity contribution < 1.29 is 14.8 Å². The maximum atomic E-state index is 11.2. The molecule has 2 unspecified atom stereocenters. The number of allylic oxidation sites excluding steroid dienone is 2. The van der Waals surface area contributed by atoms with Crippen LogP contribution in [0.25, 0.3) is 0 Å². The number of aliphatic hydroxyl groups excluding tert-OH is 1. The third-order valence-corrected chi connectivity index (χ3v) is 5.15. The molecule has 2 atom stereocenters. The van der Waals surface area contributed by atoms with Crippen molar-refractivity contribution in [2.75, 3.05) is 0 Å². The summed E-state index contributed by atoms with van der Waals surface area (Å²) in [6.07, 6.45) is 19.8. The lowest BCUT2D eigenvalue weighted by molar-refractivity contribution is -0.535. The van der Waals surface area contributed by atoms with Gasteiger partial charge in [-0.15, -0.1) is 0 Å². The van der Waals surface area contributed by atoms with Crippen LogP contribution in [-0.4, -0.2) is 28.5 Å². The zero-order valence-corrected chi connectivity index (χ0v) is 17.3. The second kappa shape index (κ2) is 19.5. The van der Waals surface area contributed by atoms with Gasteiger partial charge in [-0.3, -0.25) is 14.9 Å². The molecule has 0 fully saturated rings. The molecule has 1 N–H and O–H groups in total. The van der Waals surface area contributed by atoms with Gasteiger partial charge < -0.3 is 5.11 Å².